The van der Waals surface area contributed by atoms with Gasteiger partial charge in [-0.3, -0.25) is 14.9 Å². The number of carbonyl (C=O) groups excluding carboxylic acids is 1. The van der Waals surface area contributed by atoms with Crippen molar-refractivity contribution in [3.05, 3.63) is 88.0 Å². The molecule has 1 amide bonds. The van der Waals surface area contributed by atoms with Crippen LogP contribution in [0.25, 0.3) is 0 Å². The first-order valence-electron chi connectivity index (χ1n) is 11.0. The second-order valence-corrected chi connectivity index (χ2v) is 8.21. The molecule has 8 nitrogen and oxygen atoms in total. The quantitative estimate of drug-likeness (QED) is 0.358. The summed E-state index contributed by atoms with van der Waals surface area (Å²) < 4.78 is 39.6. The number of ether oxygens (including phenoxy) is 2. The summed E-state index contributed by atoms with van der Waals surface area (Å²) in [7, 11) is 2.08. The van der Waals surface area contributed by atoms with Crippen LogP contribution in [0.4, 0.5) is 20.2 Å². The number of halogens is 2. The van der Waals surface area contributed by atoms with Crippen LogP contribution >= 0.6 is 0 Å². The lowest BCUT2D eigenvalue weighted by molar-refractivity contribution is -0.387. The predicted molar refractivity (Wildman–Crippen MR) is 125 cm³/mol. The number of nitrogens with zero attached hydrogens (tertiary/aromatic N) is 2. The minimum atomic E-state index is -1.07. The molecule has 0 spiro atoms. The Kier molecular flexibility index (Phi) is 7.21. The summed E-state index contributed by atoms with van der Waals surface area (Å²) in [5.41, 5.74) is -0.423. The Morgan fingerprint density at radius 3 is 2.17 bits per heavy atom. The third kappa shape index (κ3) is 6.10. The second kappa shape index (κ2) is 10.5. The van der Waals surface area contributed by atoms with E-state index < -0.39 is 28.2 Å². The van der Waals surface area contributed by atoms with Crippen LogP contribution in [-0.4, -0.2) is 42.0 Å². The molecule has 10 heteroatoms. The molecule has 0 bridgehead atoms. The van der Waals surface area contributed by atoms with E-state index in [4.69, 9.17) is 9.47 Å². The van der Waals surface area contributed by atoms with Crippen LogP contribution in [0, 0.1) is 21.7 Å². The van der Waals surface area contributed by atoms with Crippen molar-refractivity contribution in [2.45, 2.75) is 18.9 Å². The smallest absolute Gasteiger partial charge is 0.305 e. The number of nitro groups is 1. The van der Waals surface area contributed by atoms with Crippen molar-refractivity contribution in [2.75, 3.05) is 25.5 Å². The number of amides is 1. The number of anilines is 1. The van der Waals surface area contributed by atoms with Gasteiger partial charge in [-0.15, -0.1) is 0 Å². The summed E-state index contributed by atoms with van der Waals surface area (Å²) in [6.07, 6.45) is 2.02. The normalized spacial score (nSPS) is 14.4. The van der Waals surface area contributed by atoms with Crippen molar-refractivity contribution in [3.63, 3.8) is 0 Å². The molecule has 1 heterocycles. The van der Waals surface area contributed by atoms with E-state index in [-0.39, 0.29) is 23.3 Å². The van der Waals surface area contributed by atoms with E-state index in [1.54, 1.807) is 24.3 Å². The van der Waals surface area contributed by atoms with Crippen molar-refractivity contribution in [3.8, 4) is 17.2 Å². The Bertz CT molecular complexity index is 1230. The fourth-order valence-corrected chi connectivity index (χ4v) is 3.67. The summed E-state index contributed by atoms with van der Waals surface area (Å²) in [5.74, 6) is -1.66. The van der Waals surface area contributed by atoms with Gasteiger partial charge in [0.2, 0.25) is 5.82 Å². The van der Waals surface area contributed by atoms with Crippen LogP contribution < -0.4 is 14.8 Å². The Morgan fingerprint density at radius 1 is 0.971 bits per heavy atom. The van der Waals surface area contributed by atoms with Crippen LogP contribution in [-0.2, 0) is 0 Å². The Hall–Kier alpha value is -4.05. The second-order valence-electron chi connectivity index (χ2n) is 8.21. The van der Waals surface area contributed by atoms with Crippen molar-refractivity contribution in [2.24, 2.45) is 0 Å². The maximum Gasteiger partial charge on any atom is 0.305 e. The fourth-order valence-electron chi connectivity index (χ4n) is 3.67. The van der Waals surface area contributed by atoms with E-state index in [2.05, 4.69) is 17.3 Å². The molecule has 1 N–H and O–H groups in total. The third-order valence-electron chi connectivity index (χ3n) is 5.63. The molecule has 3 aromatic carbocycles. The number of piperidine rings is 1. The van der Waals surface area contributed by atoms with Crippen LogP contribution in [0.2, 0.25) is 0 Å². The molecule has 0 saturated carbocycles. The zero-order valence-corrected chi connectivity index (χ0v) is 18.9. The van der Waals surface area contributed by atoms with Crippen molar-refractivity contribution in [1.82, 2.24) is 4.90 Å². The molecule has 1 fully saturated rings. The van der Waals surface area contributed by atoms with E-state index >= 15 is 0 Å². The average molecular weight is 483 g/mol. The Labute approximate surface area is 200 Å². The van der Waals surface area contributed by atoms with Crippen LogP contribution in [0.1, 0.15) is 23.2 Å². The lowest BCUT2D eigenvalue weighted by atomic mass is 10.1. The molecule has 1 saturated heterocycles. The van der Waals surface area contributed by atoms with Gasteiger partial charge in [-0.2, -0.15) is 4.39 Å². The Morgan fingerprint density at radius 2 is 1.57 bits per heavy atom. The Balaban J connectivity index is 1.36. The number of benzene rings is 3. The molecule has 0 atom stereocenters. The van der Waals surface area contributed by atoms with Gasteiger partial charge in [-0.25, -0.2) is 4.39 Å². The number of nitrogens with one attached hydrogen (secondary N) is 1. The zero-order valence-electron chi connectivity index (χ0n) is 18.9. The van der Waals surface area contributed by atoms with E-state index in [0.717, 1.165) is 44.1 Å². The highest BCUT2D eigenvalue weighted by Crippen LogP contribution is 2.29. The van der Waals surface area contributed by atoms with Crippen LogP contribution in [0.5, 0.6) is 17.2 Å². The zero-order chi connectivity index (χ0) is 24.9. The van der Waals surface area contributed by atoms with Gasteiger partial charge >= 0.3 is 5.69 Å². The lowest BCUT2D eigenvalue weighted by Gasteiger charge is -2.29. The number of likely N-dealkylation sites (tertiary alicyclic amines) is 1. The lowest BCUT2D eigenvalue weighted by Crippen LogP contribution is -2.35. The largest absolute Gasteiger partial charge is 0.490 e. The van der Waals surface area contributed by atoms with Crippen LogP contribution in [0.3, 0.4) is 0 Å². The van der Waals surface area contributed by atoms with Crippen molar-refractivity contribution >= 4 is 17.3 Å². The molecule has 1 aliphatic heterocycles. The number of hydrogen-bond acceptors (Lipinski definition) is 6. The molecule has 3 aromatic rings. The summed E-state index contributed by atoms with van der Waals surface area (Å²) in [4.78, 5) is 24.7. The standard InChI is InChI=1S/C25H23F2N3O5/c1-29-12-10-18(11-13-29)34-17-4-2-16(3-5-17)25(31)28-23-8-6-19(14-21(23)26)35-20-7-9-24(30(32)33)22(27)15-20/h2-9,14-15,18H,10-13H2,1H3,(H,28,31). The summed E-state index contributed by atoms with van der Waals surface area (Å²) in [5, 5.41) is 13.2. The number of carbonyl (C=O) groups is 1. The van der Waals surface area contributed by atoms with Gasteiger partial charge < -0.3 is 19.7 Å². The number of rotatable bonds is 7. The van der Waals surface area contributed by atoms with Gasteiger partial charge in [0.05, 0.1) is 10.6 Å². The van der Waals surface area contributed by atoms with Gasteiger partial charge in [-0.05, 0) is 62.4 Å². The monoisotopic (exact) mass is 483 g/mol. The van der Waals surface area contributed by atoms with Gasteiger partial charge in [0.25, 0.3) is 5.91 Å². The third-order valence-corrected chi connectivity index (χ3v) is 5.63. The highest BCUT2D eigenvalue weighted by molar-refractivity contribution is 6.04. The summed E-state index contributed by atoms with van der Waals surface area (Å²) >= 11 is 0. The average Bonchev–Trinajstić information content (AvgIpc) is 2.82. The molecular weight excluding hydrogens is 460 g/mol. The molecule has 4 rings (SSSR count). The van der Waals surface area contributed by atoms with E-state index in [0.29, 0.717) is 11.3 Å². The van der Waals surface area contributed by atoms with Gasteiger partial charge in [0.15, 0.2) is 0 Å². The minimum absolute atomic E-state index is 0.0316. The molecule has 1 aliphatic rings. The summed E-state index contributed by atoms with van der Waals surface area (Å²) in [6, 6.07) is 13.4. The maximum atomic E-state index is 14.5. The van der Waals surface area contributed by atoms with Gasteiger partial charge in [0.1, 0.15) is 29.2 Å². The SMILES string of the molecule is CN1CCC(Oc2ccc(C(=O)Nc3ccc(Oc4ccc([N+](=O)[O-])c(F)c4)cc3F)cc2)CC1. The summed E-state index contributed by atoms with van der Waals surface area (Å²) in [6.45, 7) is 1.95. The molecule has 0 aromatic heterocycles. The van der Waals surface area contributed by atoms with Crippen LogP contribution in [0.15, 0.2) is 60.7 Å². The predicted octanol–water partition coefficient (Wildman–Crippen LogP) is 5.39. The molecular formula is C25H23F2N3O5. The fraction of sp³-hybridized carbons (Fsp3) is 0.240. The number of nitro benzene ring substituents is 1. The van der Waals surface area contributed by atoms with E-state index in [1.165, 1.54) is 18.2 Å². The topological polar surface area (TPSA) is 93.9 Å². The highest BCUT2D eigenvalue weighted by atomic mass is 19.1. The molecule has 35 heavy (non-hydrogen) atoms. The van der Waals surface area contributed by atoms with E-state index in [9.17, 15) is 23.7 Å². The minimum Gasteiger partial charge on any atom is -0.490 e. The van der Waals surface area contributed by atoms with Gasteiger partial charge in [-0.1, -0.05) is 0 Å². The van der Waals surface area contributed by atoms with Crippen molar-refractivity contribution < 1.29 is 28.0 Å². The highest BCUT2D eigenvalue weighted by Gasteiger charge is 2.19. The molecule has 0 unspecified atom stereocenters. The first-order chi connectivity index (χ1) is 16.8. The van der Waals surface area contributed by atoms with E-state index in [1.807, 2.05) is 0 Å². The molecule has 182 valence electrons. The van der Waals surface area contributed by atoms with Crippen molar-refractivity contribution in [1.29, 1.82) is 0 Å². The molecule has 0 aliphatic carbocycles. The van der Waals surface area contributed by atoms with Gasteiger partial charge in [0, 0.05) is 36.9 Å². The first kappa shape index (κ1) is 24.1. The maximum absolute atomic E-state index is 14.5. The number of hydrogen-bond donors (Lipinski definition) is 1. The first-order valence-corrected chi connectivity index (χ1v) is 11.0. The molecule has 0 radical (unpaired) electrons.